The van der Waals surface area contributed by atoms with Gasteiger partial charge in [0, 0.05) is 34.6 Å². The fourth-order valence-corrected chi connectivity index (χ4v) is 4.86. The zero-order valence-corrected chi connectivity index (χ0v) is 16.4. The predicted octanol–water partition coefficient (Wildman–Crippen LogP) is 3.30. The number of pyridine rings is 1. The van der Waals surface area contributed by atoms with Crippen LogP contribution in [-0.2, 0) is 6.42 Å². The number of nitrogens with one attached hydrogen (secondary N) is 1. The second-order valence-corrected chi connectivity index (χ2v) is 8.30. The summed E-state index contributed by atoms with van der Waals surface area (Å²) in [6.45, 7) is 2.77. The highest BCUT2D eigenvalue weighted by molar-refractivity contribution is 7.90. The number of rotatable bonds is 4. The number of aromatic nitrogens is 1. The monoisotopic (exact) mass is 401 g/mol. The first-order valence-corrected chi connectivity index (χ1v) is 9.90. The van der Waals surface area contributed by atoms with Gasteiger partial charge in [0.15, 0.2) is 5.06 Å². The Morgan fingerprint density at radius 3 is 2.85 bits per heavy atom. The van der Waals surface area contributed by atoms with Crippen LogP contribution in [0.1, 0.15) is 32.9 Å². The number of nitrogens with zero attached hydrogens (tertiary/aromatic N) is 2. The number of allylic oxidation sites excluding steroid dienone is 1. The number of carbonyl (C=O) groups excluding carboxylic acids is 1. The molecule has 0 radical (unpaired) electrons. The number of hydrogen-bond acceptors (Lipinski definition) is 7. The van der Waals surface area contributed by atoms with Crippen molar-refractivity contribution in [2.45, 2.75) is 25.9 Å². The van der Waals surface area contributed by atoms with E-state index in [1.54, 1.807) is 28.4 Å². The number of thiophene rings is 1. The van der Waals surface area contributed by atoms with Gasteiger partial charge in [0.1, 0.15) is 11.4 Å². The molecule has 3 heterocycles. The maximum absolute atomic E-state index is 12.2. The van der Waals surface area contributed by atoms with Gasteiger partial charge in [-0.3, -0.25) is 4.79 Å². The number of aliphatic hydroxyl groups is 1. The third kappa shape index (κ3) is 3.28. The Hall–Kier alpha value is -2.16. The Kier molecular flexibility index (Phi) is 4.79. The summed E-state index contributed by atoms with van der Waals surface area (Å²) in [7, 11) is 0. The van der Waals surface area contributed by atoms with E-state index in [1.165, 1.54) is 22.9 Å². The number of amides is 1. The maximum Gasteiger partial charge on any atom is 0.272 e. The van der Waals surface area contributed by atoms with Gasteiger partial charge in [-0.05, 0) is 43.0 Å². The molecule has 6 nitrogen and oxygen atoms in total. The van der Waals surface area contributed by atoms with Gasteiger partial charge in [0.05, 0.1) is 12.3 Å². The maximum atomic E-state index is 12.2. The topological polar surface area (TPSA) is 86.5 Å². The molecule has 2 N–H and O–H groups in total. The zero-order valence-electron chi connectivity index (χ0n) is 14.7. The van der Waals surface area contributed by atoms with Crippen molar-refractivity contribution in [1.82, 2.24) is 9.88 Å². The summed E-state index contributed by atoms with van der Waals surface area (Å²) >= 11 is 6.18. The molecule has 1 saturated heterocycles. The van der Waals surface area contributed by atoms with Crippen molar-refractivity contribution in [2.24, 2.45) is 0 Å². The molecule has 8 heteroatoms. The summed E-state index contributed by atoms with van der Waals surface area (Å²) in [5, 5.41) is 17.6. The van der Waals surface area contributed by atoms with Crippen molar-refractivity contribution in [3.8, 4) is 10.8 Å². The third-order valence-electron chi connectivity index (χ3n) is 4.85. The van der Waals surface area contributed by atoms with Crippen LogP contribution < -0.4 is 4.74 Å². The lowest BCUT2D eigenvalue weighted by molar-refractivity contribution is 0.00550. The number of hydrogen-bond donors (Lipinski definition) is 3. The molecule has 27 heavy (non-hydrogen) atoms. The van der Waals surface area contributed by atoms with Crippen molar-refractivity contribution < 1.29 is 14.6 Å². The minimum absolute atomic E-state index is 0.188. The molecule has 0 aromatic carbocycles. The SMILES string of the molecule is Cc1sc(Oc2ccc(C(=O)N3CC(O)C3)nc2)c2c1CCC(C=N)=C2S. The van der Waals surface area contributed by atoms with Crippen LogP contribution in [0.4, 0.5) is 0 Å². The number of fused-ring (bicyclic) bond motifs is 1. The molecular weight excluding hydrogens is 382 g/mol. The predicted molar refractivity (Wildman–Crippen MR) is 108 cm³/mol. The van der Waals surface area contributed by atoms with Crippen LogP contribution in [0.25, 0.3) is 4.91 Å². The molecule has 0 bridgehead atoms. The van der Waals surface area contributed by atoms with Gasteiger partial charge < -0.3 is 20.2 Å². The van der Waals surface area contributed by atoms with Crippen LogP contribution in [0.2, 0.25) is 0 Å². The van der Waals surface area contributed by atoms with E-state index in [4.69, 9.17) is 10.1 Å². The average molecular weight is 402 g/mol. The Balaban J connectivity index is 1.56. The fraction of sp³-hybridized carbons (Fsp3) is 0.316. The highest BCUT2D eigenvalue weighted by Crippen LogP contribution is 2.47. The van der Waals surface area contributed by atoms with E-state index in [0.717, 1.165) is 33.9 Å². The Morgan fingerprint density at radius 2 is 2.22 bits per heavy atom. The molecule has 2 aromatic heterocycles. The molecule has 4 rings (SSSR count). The minimum Gasteiger partial charge on any atom is -0.444 e. The number of likely N-dealkylation sites (tertiary alicyclic amines) is 1. The highest BCUT2D eigenvalue weighted by Gasteiger charge is 2.30. The molecule has 2 aliphatic rings. The van der Waals surface area contributed by atoms with E-state index in [-0.39, 0.29) is 5.91 Å². The fourth-order valence-electron chi connectivity index (χ4n) is 3.30. The second-order valence-electron chi connectivity index (χ2n) is 6.66. The normalized spacial score (nSPS) is 16.8. The van der Waals surface area contributed by atoms with E-state index in [0.29, 0.717) is 24.5 Å². The Labute approximate surface area is 166 Å². The van der Waals surface area contributed by atoms with Crippen LogP contribution in [0.5, 0.6) is 10.8 Å². The van der Waals surface area contributed by atoms with Crippen LogP contribution in [0, 0.1) is 12.3 Å². The molecule has 0 saturated carbocycles. The van der Waals surface area contributed by atoms with Gasteiger partial charge in [0.2, 0.25) is 0 Å². The average Bonchev–Trinajstić information content (AvgIpc) is 2.96. The number of carbonyl (C=O) groups is 1. The van der Waals surface area contributed by atoms with Crippen LogP contribution >= 0.6 is 24.0 Å². The lowest BCUT2D eigenvalue weighted by Crippen LogP contribution is -2.53. The second kappa shape index (κ2) is 7.10. The van der Waals surface area contributed by atoms with Gasteiger partial charge in [-0.2, -0.15) is 0 Å². The molecule has 1 aliphatic heterocycles. The lowest BCUT2D eigenvalue weighted by atomic mass is 9.94. The summed E-state index contributed by atoms with van der Waals surface area (Å²) in [6, 6.07) is 3.36. The first kappa shape index (κ1) is 18.2. The first-order chi connectivity index (χ1) is 13.0. The quantitative estimate of drug-likeness (QED) is 0.542. The van der Waals surface area contributed by atoms with E-state index in [9.17, 15) is 9.90 Å². The summed E-state index contributed by atoms with van der Waals surface area (Å²) in [5.74, 6) is 0.356. The number of aliphatic hydroxyl groups excluding tert-OH is 1. The smallest absolute Gasteiger partial charge is 0.272 e. The van der Waals surface area contributed by atoms with Gasteiger partial charge in [0.25, 0.3) is 5.91 Å². The van der Waals surface area contributed by atoms with Crippen molar-refractivity contribution in [2.75, 3.05) is 13.1 Å². The van der Waals surface area contributed by atoms with Crippen LogP contribution in [-0.4, -0.2) is 46.3 Å². The van der Waals surface area contributed by atoms with Crippen molar-refractivity contribution >= 4 is 41.0 Å². The summed E-state index contributed by atoms with van der Waals surface area (Å²) in [6.07, 6.45) is 4.15. The zero-order chi connectivity index (χ0) is 19.1. The van der Waals surface area contributed by atoms with Crippen LogP contribution in [0.15, 0.2) is 23.9 Å². The number of thiol groups is 1. The van der Waals surface area contributed by atoms with Gasteiger partial charge in [-0.15, -0.1) is 24.0 Å². The summed E-state index contributed by atoms with van der Waals surface area (Å²) in [4.78, 5) is 20.0. The molecule has 1 fully saturated rings. The Bertz CT molecular complexity index is 944. The minimum atomic E-state index is -0.431. The van der Waals surface area contributed by atoms with Crippen molar-refractivity contribution in [1.29, 1.82) is 5.41 Å². The molecular formula is C19H19N3O3S2. The Morgan fingerprint density at radius 1 is 1.44 bits per heavy atom. The number of aryl methyl sites for hydroxylation is 1. The van der Waals surface area contributed by atoms with Crippen molar-refractivity contribution in [3.63, 3.8) is 0 Å². The summed E-state index contributed by atoms with van der Waals surface area (Å²) < 4.78 is 6.05. The molecule has 0 atom stereocenters. The standard InChI is InChI=1S/C19H19N3O3S2/c1-10-14-4-2-11(6-20)17(26)16(14)19(27-10)25-13-3-5-15(21-7-13)18(24)22-8-12(23)9-22/h3,5-7,12,20,23,26H,2,4,8-9H2,1H3. The molecule has 0 spiro atoms. The van der Waals surface area contributed by atoms with E-state index < -0.39 is 6.10 Å². The van der Waals surface area contributed by atoms with Crippen LogP contribution in [0.3, 0.4) is 0 Å². The summed E-state index contributed by atoms with van der Waals surface area (Å²) in [5.41, 5.74) is 3.42. The van der Waals surface area contributed by atoms with Crippen molar-refractivity contribution in [3.05, 3.63) is 45.6 Å². The molecule has 0 unspecified atom stereocenters. The van der Waals surface area contributed by atoms with Gasteiger partial charge in [-0.1, -0.05) is 0 Å². The van der Waals surface area contributed by atoms with E-state index >= 15 is 0 Å². The first-order valence-electron chi connectivity index (χ1n) is 8.64. The van der Waals surface area contributed by atoms with Gasteiger partial charge in [-0.25, -0.2) is 4.98 Å². The van der Waals surface area contributed by atoms with E-state index in [2.05, 4.69) is 24.5 Å². The molecule has 2 aromatic rings. The highest BCUT2D eigenvalue weighted by atomic mass is 32.1. The molecule has 140 valence electrons. The number of β-amino-alcohol motifs (C(OH)–C–C–N with tert-alkyl or cyclic N) is 1. The largest absolute Gasteiger partial charge is 0.444 e. The third-order valence-corrected chi connectivity index (χ3v) is 6.39. The van der Waals surface area contributed by atoms with E-state index in [1.807, 2.05) is 0 Å². The molecule has 1 aliphatic carbocycles. The lowest BCUT2D eigenvalue weighted by Gasteiger charge is -2.35. The number of ether oxygens (including phenoxy) is 1. The van der Waals surface area contributed by atoms with Gasteiger partial charge >= 0.3 is 0 Å². The molecule has 1 amide bonds.